The lowest BCUT2D eigenvalue weighted by molar-refractivity contribution is 0.112. The molecule has 6 heterocycles. The standard InChI is InChI=1S/C20H21N5OS.C13H14N4O.C7H9NOS/c1-5-16-15(12-13-10-11-18(27-13)24(2)3)20-22-21-19(25(20)23-16)14-8-6-7-9-17(14)26-4;1-3-9-8-12-14-15-13(17(12)16-9)10-6-4-5-7-11(10)18-2;1-8(2)7-4-3-6(5-9)10-7/h6-12H,5H2,1-4H3;4-8,16H,3H2,1-2H3;3-5H,1-2H3/b15-12-;;. The number of para-hydroxylation sites is 2. The predicted octanol–water partition coefficient (Wildman–Crippen LogP) is 6.96. The Morgan fingerprint density at radius 1 is 0.727 bits per heavy atom. The summed E-state index contributed by atoms with van der Waals surface area (Å²) in [6, 6.07) is 25.6. The van der Waals surface area contributed by atoms with Gasteiger partial charge in [0.2, 0.25) is 0 Å². The molecule has 0 unspecified atom stereocenters. The number of carbonyl (C=O) groups is 1. The fourth-order valence-electron chi connectivity index (χ4n) is 5.72. The summed E-state index contributed by atoms with van der Waals surface area (Å²) in [6.45, 7) is 4.20. The molecule has 0 aliphatic carbocycles. The first-order valence-electron chi connectivity index (χ1n) is 17.6. The number of nitrogens with one attached hydrogen (secondary N) is 1. The second-order valence-corrected chi connectivity index (χ2v) is 14.8. The summed E-state index contributed by atoms with van der Waals surface area (Å²) in [6.07, 6.45) is 4.79. The van der Waals surface area contributed by atoms with Crippen LogP contribution in [0.25, 0.3) is 40.1 Å². The Balaban J connectivity index is 0.000000157. The lowest BCUT2D eigenvalue weighted by Gasteiger charge is -2.06. The second kappa shape index (κ2) is 17.4. The number of H-pyrrole nitrogens is 1. The summed E-state index contributed by atoms with van der Waals surface area (Å²) < 4.78 is 14.5. The normalized spacial score (nSPS) is 11.2. The Bertz CT molecular complexity index is 2560. The van der Waals surface area contributed by atoms with Crippen molar-refractivity contribution in [2.45, 2.75) is 26.7 Å². The van der Waals surface area contributed by atoms with Gasteiger partial charge in [-0.1, -0.05) is 38.1 Å². The molecule has 2 aromatic carbocycles. The number of thiophene rings is 2. The average Bonchev–Trinajstić information content (AvgIpc) is 4.06. The van der Waals surface area contributed by atoms with Gasteiger partial charge in [0.1, 0.15) is 11.5 Å². The Morgan fingerprint density at radius 3 is 1.85 bits per heavy atom. The van der Waals surface area contributed by atoms with Gasteiger partial charge in [0.15, 0.2) is 29.2 Å². The highest BCUT2D eigenvalue weighted by atomic mass is 32.1. The van der Waals surface area contributed by atoms with Crippen molar-refractivity contribution in [1.29, 1.82) is 0 Å². The number of benzene rings is 2. The van der Waals surface area contributed by atoms with E-state index in [1.165, 1.54) is 21.2 Å². The number of methoxy groups -OCH3 is 2. The van der Waals surface area contributed by atoms with Crippen LogP contribution in [0.4, 0.5) is 10.0 Å². The fraction of sp³-hybridized carbons (Fsp3) is 0.250. The van der Waals surface area contributed by atoms with Gasteiger partial charge in [-0.15, -0.1) is 43.1 Å². The molecule has 0 bridgehead atoms. The van der Waals surface area contributed by atoms with Crippen molar-refractivity contribution in [2.24, 2.45) is 0 Å². The molecule has 8 aromatic rings. The number of carbonyl (C=O) groups excluding carboxylic acids is 1. The van der Waals surface area contributed by atoms with Gasteiger partial charge in [-0.05, 0) is 67.4 Å². The highest BCUT2D eigenvalue weighted by Crippen LogP contribution is 2.30. The number of hydrogen-bond acceptors (Lipinski definition) is 12. The maximum atomic E-state index is 10.2. The number of fused-ring (bicyclic) bond motifs is 2. The van der Waals surface area contributed by atoms with Gasteiger partial charge < -0.3 is 19.3 Å². The Hall–Kier alpha value is -6.06. The van der Waals surface area contributed by atoms with Crippen LogP contribution in [0.3, 0.4) is 0 Å². The van der Waals surface area contributed by atoms with E-state index in [4.69, 9.17) is 14.6 Å². The van der Waals surface area contributed by atoms with Gasteiger partial charge in [0.25, 0.3) is 0 Å². The first-order valence-corrected chi connectivity index (χ1v) is 19.3. The highest BCUT2D eigenvalue weighted by Gasteiger charge is 2.18. The molecule has 0 aliphatic heterocycles. The number of aldehydes is 1. The second-order valence-electron chi connectivity index (χ2n) is 12.6. The minimum atomic E-state index is 0.692. The van der Waals surface area contributed by atoms with Gasteiger partial charge in [0, 0.05) is 50.0 Å². The van der Waals surface area contributed by atoms with Crippen LogP contribution in [0.1, 0.15) is 39.8 Å². The maximum absolute atomic E-state index is 10.2. The number of aromatic amines is 1. The number of aryl methyl sites for hydroxylation is 2. The highest BCUT2D eigenvalue weighted by molar-refractivity contribution is 7.17. The van der Waals surface area contributed by atoms with Crippen LogP contribution in [0.2, 0.25) is 0 Å². The van der Waals surface area contributed by atoms with Crippen LogP contribution in [0.5, 0.6) is 11.5 Å². The molecule has 284 valence electrons. The van der Waals surface area contributed by atoms with Crippen molar-refractivity contribution >= 4 is 56.3 Å². The van der Waals surface area contributed by atoms with E-state index in [1.807, 2.05) is 109 Å². The summed E-state index contributed by atoms with van der Waals surface area (Å²) in [5.41, 5.74) is 5.55. The summed E-state index contributed by atoms with van der Waals surface area (Å²) >= 11 is 3.24. The molecule has 55 heavy (non-hydrogen) atoms. The minimum absolute atomic E-state index is 0.692. The van der Waals surface area contributed by atoms with Crippen LogP contribution in [0, 0.1) is 0 Å². The lowest BCUT2D eigenvalue weighted by Crippen LogP contribution is -2.06. The molecule has 1 N–H and O–H groups in total. The SMILES string of the molecule is CCc1cc2nnc(-c3ccccc3OC)n2[nH]1.CCc1nn2c(-c3ccccc3OC)nnc2/c1=C\c1ccc(N(C)C)s1.CN(C)c1ccc(C=O)s1. The molecule has 0 atom stereocenters. The number of anilines is 2. The first kappa shape index (κ1) is 38.7. The molecule has 6 aromatic heterocycles. The Labute approximate surface area is 327 Å². The van der Waals surface area contributed by atoms with Crippen LogP contribution >= 0.6 is 22.7 Å². The van der Waals surface area contributed by atoms with Crippen molar-refractivity contribution < 1.29 is 14.3 Å². The number of ether oxygens (including phenoxy) is 2. The van der Waals surface area contributed by atoms with Gasteiger partial charge in [0.05, 0.1) is 45.9 Å². The number of aromatic nitrogens is 8. The Kier molecular flexibility index (Phi) is 12.2. The molecule has 15 heteroatoms. The zero-order valence-electron chi connectivity index (χ0n) is 32.1. The monoisotopic (exact) mass is 776 g/mol. The Morgan fingerprint density at radius 2 is 1.31 bits per heavy atom. The lowest BCUT2D eigenvalue weighted by atomic mass is 10.2. The molecule has 0 aliphatic rings. The number of rotatable bonds is 10. The van der Waals surface area contributed by atoms with Crippen molar-refractivity contribution in [1.82, 2.24) is 39.6 Å². The van der Waals surface area contributed by atoms with Crippen LogP contribution in [-0.2, 0) is 12.8 Å². The van der Waals surface area contributed by atoms with E-state index >= 15 is 0 Å². The number of nitrogens with zero attached hydrogens (tertiary/aromatic N) is 9. The topological polar surface area (TPSA) is 131 Å². The van der Waals surface area contributed by atoms with Gasteiger partial charge in [-0.25, -0.2) is 4.52 Å². The van der Waals surface area contributed by atoms with E-state index in [0.717, 1.165) is 85.4 Å². The van der Waals surface area contributed by atoms with E-state index in [-0.39, 0.29) is 0 Å². The summed E-state index contributed by atoms with van der Waals surface area (Å²) in [4.78, 5) is 16.3. The van der Waals surface area contributed by atoms with Gasteiger partial charge >= 0.3 is 0 Å². The van der Waals surface area contributed by atoms with E-state index in [2.05, 4.69) is 62.4 Å². The smallest absolute Gasteiger partial charge is 0.189 e. The summed E-state index contributed by atoms with van der Waals surface area (Å²) in [5, 5.41) is 28.6. The van der Waals surface area contributed by atoms with E-state index in [9.17, 15) is 4.79 Å². The first-order chi connectivity index (χ1) is 26.7. The largest absolute Gasteiger partial charge is 0.496 e. The van der Waals surface area contributed by atoms with Crippen molar-refractivity contribution in [3.8, 4) is 34.3 Å². The number of hydrogen-bond donors (Lipinski definition) is 1. The average molecular weight is 777 g/mol. The third kappa shape index (κ3) is 8.37. The molecule has 0 saturated heterocycles. The molecular formula is C40H44N10O3S2. The van der Waals surface area contributed by atoms with Crippen molar-refractivity contribution in [3.05, 3.63) is 105 Å². The van der Waals surface area contributed by atoms with E-state index in [1.54, 1.807) is 25.6 Å². The van der Waals surface area contributed by atoms with Crippen molar-refractivity contribution in [2.75, 3.05) is 52.2 Å². The van der Waals surface area contributed by atoms with Crippen LogP contribution in [-0.4, -0.2) is 88.3 Å². The van der Waals surface area contributed by atoms with Crippen LogP contribution in [0.15, 0.2) is 78.9 Å². The third-order valence-corrected chi connectivity index (χ3v) is 11.0. The summed E-state index contributed by atoms with van der Waals surface area (Å²) in [5.74, 6) is 3.01. The fourth-order valence-corrected chi connectivity index (χ4v) is 7.33. The third-order valence-electron chi connectivity index (χ3n) is 8.58. The van der Waals surface area contributed by atoms with E-state index < -0.39 is 0 Å². The van der Waals surface area contributed by atoms with Crippen LogP contribution < -0.4 is 24.5 Å². The molecule has 0 fully saturated rings. The van der Waals surface area contributed by atoms with Gasteiger partial charge in [-0.2, -0.15) is 9.61 Å². The summed E-state index contributed by atoms with van der Waals surface area (Å²) in [7, 11) is 11.3. The molecular weight excluding hydrogens is 733 g/mol. The molecule has 0 radical (unpaired) electrons. The molecule has 8 rings (SSSR count). The van der Waals surface area contributed by atoms with E-state index in [0.29, 0.717) is 5.82 Å². The molecule has 0 saturated carbocycles. The zero-order valence-corrected chi connectivity index (χ0v) is 33.8. The molecule has 13 nitrogen and oxygen atoms in total. The quantitative estimate of drug-likeness (QED) is 0.146. The zero-order chi connectivity index (χ0) is 39.1. The molecule has 0 spiro atoms. The van der Waals surface area contributed by atoms with Gasteiger partial charge in [-0.3, -0.25) is 9.89 Å². The minimum Gasteiger partial charge on any atom is -0.496 e. The maximum Gasteiger partial charge on any atom is 0.189 e. The predicted molar refractivity (Wildman–Crippen MR) is 222 cm³/mol. The van der Waals surface area contributed by atoms with Crippen molar-refractivity contribution in [3.63, 3.8) is 0 Å². The molecule has 0 amide bonds.